The quantitative estimate of drug-likeness (QED) is 0.279. The normalized spacial score (nSPS) is 14.3. The molecule has 2 heteroatoms. The van der Waals surface area contributed by atoms with E-state index >= 15 is 0 Å². The van der Waals surface area contributed by atoms with Crippen LogP contribution >= 0.6 is 11.6 Å². The molecule has 0 saturated heterocycles. The molecule has 1 nitrogen and oxygen atoms in total. The first-order valence-corrected chi connectivity index (χ1v) is 10.3. The molecule has 5 aromatic rings. The molecule has 140 valence electrons. The third kappa shape index (κ3) is 2.22. The third-order valence-corrected chi connectivity index (χ3v) is 6.55. The van der Waals surface area contributed by atoms with Crippen molar-refractivity contribution < 1.29 is 4.42 Å². The molecule has 0 aliphatic heterocycles. The molecule has 0 spiro atoms. The fourth-order valence-corrected chi connectivity index (χ4v) is 5.14. The number of hydrogen-bond donors (Lipinski definition) is 0. The number of para-hydroxylation sites is 1. The summed E-state index contributed by atoms with van der Waals surface area (Å²) in [7, 11) is 0. The smallest absolute Gasteiger partial charge is 0.143 e. The van der Waals surface area contributed by atoms with Crippen molar-refractivity contribution in [3.8, 4) is 22.3 Å². The maximum atomic E-state index is 6.61. The van der Waals surface area contributed by atoms with Gasteiger partial charge in [0.2, 0.25) is 0 Å². The van der Waals surface area contributed by atoms with Gasteiger partial charge in [-0.2, -0.15) is 0 Å². The van der Waals surface area contributed by atoms with Crippen molar-refractivity contribution in [1.29, 1.82) is 0 Å². The lowest BCUT2D eigenvalue weighted by molar-refractivity contribution is 0.653. The average Bonchev–Trinajstić information content (AvgIpc) is 3.22. The van der Waals surface area contributed by atoms with Crippen LogP contribution in [-0.4, -0.2) is 0 Å². The van der Waals surface area contributed by atoms with Crippen LogP contribution in [0.15, 0.2) is 83.3 Å². The van der Waals surface area contributed by atoms with Gasteiger partial charge < -0.3 is 4.42 Å². The molecule has 1 heterocycles. The first-order valence-electron chi connectivity index (χ1n) is 9.90. The molecular weight excluding hydrogens is 376 g/mol. The van der Waals surface area contributed by atoms with E-state index in [0.717, 1.165) is 32.5 Å². The van der Waals surface area contributed by atoms with E-state index in [2.05, 4.69) is 74.5 Å². The van der Waals surface area contributed by atoms with E-state index in [9.17, 15) is 0 Å². The van der Waals surface area contributed by atoms with Crippen molar-refractivity contribution in [1.82, 2.24) is 0 Å². The molecule has 0 amide bonds. The predicted molar refractivity (Wildman–Crippen MR) is 122 cm³/mol. The summed E-state index contributed by atoms with van der Waals surface area (Å²) in [6, 6.07) is 27.4. The highest BCUT2D eigenvalue weighted by molar-refractivity contribution is 6.31. The maximum absolute atomic E-state index is 6.61. The summed E-state index contributed by atoms with van der Waals surface area (Å²) in [6.45, 7) is 4.55. The van der Waals surface area contributed by atoms with Crippen molar-refractivity contribution in [3.63, 3.8) is 0 Å². The molecule has 6 rings (SSSR count). The van der Waals surface area contributed by atoms with Gasteiger partial charge >= 0.3 is 0 Å². The van der Waals surface area contributed by atoms with Crippen LogP contribution in [0.3, 0.4) is 0 Å². The zero-order valence-corrected chi connectivity index (χ0v) is 17.0. The zero-order valence-electron chi connectivity index (χ0n) is 16.3. The average molecular weight is 395 g/mol. The molecular formula is C27H19ClO. The Bertz CT molecular complexity index is 1420. The lowest BCUT2D eigenvalue weighted by Crippen LogP contribution is -2.14. The Labute approximate surface area is 174 Å². The number of fused-ring (bicyclic) bond motifs is 7. The Hall–Kier alpha value is -3.03. The Balaban J connectivity index is 1.81. The zero-order chi connectivity index (χ0) is 19.8. The number of hydrogen-bond acceptors (Lipinski definition) is 1. The highest BCUT2D eigenvalue weighted by atomic mass is 35.5. The topological polar surface area (TPSA) is 13.1 Å². The third-order valence-electron chi connectivity index (χ3n) is 6.33. The molecule has 1 aliphatic carbocycles. The van der Waals surface area contributed by atoms with Crippen molar-refractivity contribution in [2.45, 2.75) is 19.3 Å². The monoisotopic (exact) mass is 394 g/mol. The second-order valence-electron chi connectivity index (χ2n) is 8.33. The molecule has 29 heavy (non-hydrogen) atoms. The lowest BCUT2D eigenvalue weighted by atomic mass is 9.82. The number of benzene rings is 4. The number of halogens is 1. The van der Waals surface area contributed by atoms with Gasteiger partial charge in [0.1, 0.15) is 11.2 Å². The summed E-state index contributed by atoms with van der Waals surface area (Å²) in [6.07, 6.45) is 0. The van der Waals surface area contributed by atoms with Gasteiger partial charge in [-0.3, -0.25) is 0 Å². The van der Waals surface area contributed by atoms with Gasteiger partial charge in [0.25, 0.3) is 0 Å². The second-order valence-corrected chi connectivity index (χ2v) is 8.77. The van der Waals surface area contributed by atoms with Crippen molar-refractivity contribution >= 4 is 33.5 Å². The maximum Gasteiger partial charge on any atom is 0.143 e. The van der Waals surface area contributed by atoms with Crippen LogP contribution in [0.1, 0.15) is 25.0 Å². The largest absolute Gasteiger partial charge is 0.455 e. The van der Waals surface area contributed by atoms with Crippen molar-refractivity contribution in [2.75, 3.05) is 0 Å². The Morgan fingerprint density at radius 2 is 1.48 bits per heavy atom. The number of rotatable bonds is 1. The van der Waals surface area contributed by atoms with Gasteiger partial charge in [-0.25, -0.2) is 0 Å². The standard InChI is InChI=1S/C27H19ClO/c1-27(2)21-13-12-19-18-10-6-7-11-23(18)29-26(19)25(21)24-20(14-17(28)15-22(24)27)16-8-4-3-5-9-16/h3-15H,1-2H3. The molecule has 1 aliphatic rings. The summed E-state index contributed by atoms with van der Waals surface area (Å²) in [5, 5.41) is 3.09. The van der Waals surface area contributed by atoms with Gasteiger partial charge in [0, 0.05) is 26.8 Å². The molecule has 0 saturated carbocycles. The fourth-order valence-electron chi connectivity index (χ4n) is 4.92. The highest BCUT2D eigenvalue weighted by Gasteiger charge is 2.39. The van der Waals surface area contributed by atoms with E-state index in [1.54, 1.807) is 0 Å². The minimum atomic E-state index is -0.147. The summed E-state index contributed by atoms with van der Waals surface area (Å²) in [4.78, 5) is 0. The lowest BCUT2D eigenvalue weighted by Gasteiger charge is -2.22. The molecule has 0 N–H and O–H groups in total. The van der Waals surface area contributed by atoms with Crippen LogP contribution in [0.4, 0.5) is 0 Å². The van der Waals surface area contributed by atoms with Gasteiger partial charge in [0.15, 0.2) is 0 Å². The van der Waals surface area contributed by atoms with Gasteiger partial charge in [-0.05, 0) is 46.0 Å². The molecule has 0 radical (unpaired) electrons. The van der Waals surface area contributed by atoms with E-state index in [0.29, 0.717) is 0 Å². The van der Waals surface area contributed by atoms with Crippen LogP contribution < -0.4 is 0 Å². The molecule has 1 aromatic heterocycles. The van der Waals surface area contributed by atoms with Gasteiger partial charge in [0.05, 0.1) is 0 Å². The fraction of sp³-hybridized carbons (Fsp3) is 0.111. The first-order chi connectivity index (χ1) is 14.1. The SMILES string of the molecule is CC1(C)c2cc(Cl)cc(-c3ccccc3)c2-c2c1ccc1c2oc2ccccc21. The summed E-state index contributed by atoms with van der Waals surface area (Å²) in [5.41, 5.74) is 9.07. The molecule has 0 fully saturated rings. The molecule has 0 atom stereocenters. The van der Waals surface area contributed by atoms with E-state index < -0.39 is 0 Å². The molecule has 0 bridgehead atoms. The van der Waals surface area contributed by atoms with Crippen LogP contribution in [0.5, 0.6) is 0 Å². The van der Waals surface area contributed by atoms with E-state index in [4.69, 9.17) is 16.0 Å². The highest BCUT2D eigenvalue weighted by Crippen LogP contribution is 2.56. The van der Waals surface area contributed by atoms with Crippen LogP contribution in [-0.2, 0) is 5.41 Å². The Morgan fingerprint density at radius 3 is 2.31 bits per heavy atom. The minimum absolute atomic E-state index is 0.147. The minimum Gasteiger partial charge on any atom is -0.455 e. The van der Waals surface area contributed by atoms with Crippen molar-refractivity contribution in [2.24, 2.45) is 0 Å². The number of furan rings is 1. The van der Waals surface area contributed by atoms with Gasteiger partial charge in [-0.1, -0.05) is 86.1 Å². The summed E-state index contributed by atoms with van der Waals surface area (Å²) < 4.78 is 6.43. The van der Waals surface area contributed by atoms with Gasteiger partial charge in [-0.15, -0.1) is 0 Å². The Morgan fingerprint density at radius 1 is 0.724 bits per heavy atom. The van der Waals surface area contributed by atoms with E-state index in [-0.39, 0.29) is 5.41 Å². The summed E-state index contributed by atoms with van der Waals surface area (Å²) >= 11 is 6.61. The molecule has 0 unspecified atom stereocenters. The van der Waals surface area contributed by atoms with Crippen LogP contribution in [0.2, 0.25) is 5.02 Å². The van der Waals surface area contributed by atoms with E-state index in [1.807, 2.05) is 18.2 Å². The van der Waals surface area contributed by atoms with Crippen molar-refractivity contribution in [3.05, 3.63) is 95.0 Å². The molecule has 4 aromatic carbocycles. The second kappa shape index (κ2) is 5.75. The van der Waals surface area contributed by atoms with Crippen LogP contribution in [0, 0.1) is 0 Å². The Kier molecular flexibility index (Phi) is 3.34. The summed E-state index contributed by atoms with van der Waals surface area (Å²) in [5.74, 6) is 0. The van der Waals surface area contributed by atoms with Crippen LogP contribution in [0.25, 0.3) is 44.2 Å². The van der Waals surface area contributed by atoms with E-state index in [1.165, 1.54) is 27.8 Å². The first kappa shape index (κ1) is 16.9. The predicted octanol–water partition coefficient (Wildman–Crippen LogP) is 8.21.